The molecule has 0 bridgehead atoms. The fourth-order valence-electron chi connectivity index (χ4n) is 1.79. The van der Waals surface area contributed by atoms with Crippen LogP contribution in [0.1, 0.15) is 33.1 Å². The Hall–Kier alpha value is -0.690. The number of rotatable bonds is 4. The summed E-state index contributed by atoms with van der Waals surface area (Å²) in [7, 11) is 0. The first-order chi connectivity index (χ1) is 7.63. The zero-order valence-corrected chi connectivity index (χ0v) is 10.8. The Labute approximate surface area is 102 Å². The molecule has 90 valence electrons. The highest BCUT2D eigenvalue weighted by atomic mass is 32.2. The molecule has 0 aliphatic carbocycles. The van der Waals surface area contributed by atoms with Crippen LogP contribution in [-0.2, 0) is 4.79 Å². The summed E-state index contributed by atoms with van der Waals surface area (Å²) in [5.41, 5.74) is 0. The highest BCUT2D eigenvalue weighted by Gasteiger charge is 2.20. The Morgan fingerprint density at radius 2 is 2.12 bits per heavy atom. The monoisotopic (exact) mass is 240 g/mol. The predicted octanol–water partition coefficient (Wildman–Crippen LogP) is 2.18. The number of carbonyl (C=O) groups excluding carboxylic acids is 1. The lowest BCUT2D eigenvalue weighted by atomic mass is 9.97. The Morgan fingerprint density at radius 1 is 1.50 bits per heavy atom. The summed E-state index contributed by atoms with van der Waals surface area (Å²) in [4.78, 5) is 11.7. The molecular formula is C12H20N2OS. The number of hydrogen-bond donors (Lipinski definition) is 1. The summed E-state index contributed by atoms with van der Waals surface area (Å²) in [5, 5.41) is 11.7. The van der Waals surface area contributed by atoms with E-state index in [9.17, 15) is 4.79 Å². The van der Waals surface area contributed by atoms with Crippen molar-refractivity contribution in [3.63, 3.8) is 0 Å². The van der Waals surface area contributed by atoms with Gasteiger partial charge >= 0.3 is 0 Å². The van der Waals surface area contributed by atoms with Crippen molar-refractivity contribution < 1.29 is 4.79 Å². The normalized spacial score (nSPS) is 19.1. The van der Waals surface area contributed by atoms with Crippen molar-refractivity contribution in [2.24, 2.45) is 11.8 Å². The third-order valence-electron chi connectivity index (χ3n) is 2.94. The van der Waals surface area contributed by atoms with Crippen molar-refractivity contribution in [2.45, 2.75) is 39.2 Å². The molecule has 1 aliphatic rings. The van der Waals surface area contributed by atoms with Crippen molar-refractivity contribution in [1.82, 2.24) is 5.32 Å². The lowest BCUT2D eigenvalue weighted by Crippen LogP contribution is -2.38. The molecule has 0 aromatic heterocycles. The molecule has 4 heteroatoms. The first kappa shape index (κ1) is 13.4. The number of nitrogens with one attached hydrogen (secondary N) is 1. The van der Waals surface area contributed by atoms with E-state index in [0.717, 1.165) is 12.8 Å². The van der Waals surface area contributed by atoms with Crippen LogP contribution in [0.2, 0.25) is 0 Å². The average molecular weight is 240 g/mol. The van der Waals surface area contributed by atoms with Gasteiger partial charge in [-0.25, -0.2) is 0 Å². The van der Waals surface area contributed by atoms with Crippen molar-refractivity contribution in [3.05, 3.63) is 0 Å². The van der Waals surface area contributed by atoms with E-state index in [4.69, 9.17) is 5.26 Å². The van der Waals surface area contributed by atoms with Crippen molar-refractivity contribution in [1.29, 1.82) is 5.26 Å². The first-order valence-electron chi connectivity index (χ1n) is 5.90. The summed E-state index contributed by atoms with van der Waals surface area (Å²) < 4.78 is 0. The molecule has 1 saturated heterocycles. The van der Waals surface area contributed by atoms with Gasteiger partial charge in [-0.15, -0.1) is 0 Å². The van der Waals surface area contributed by atoms with Crippen molar-refractivity contribution in [3.8, 4) is 6.07 Å². The van der Waals surface area contributed by atoms with E-state index in [-0.39, 0.29) is 17.9 Å². The molecule has 0 aromatic carbocycles. The van der Waals surface area contributed by atoms with Gasteiger partial charge in [-0.05, 0) is 36.2 Å². The fourth-order valence-corrected chi connectivity index (χ4v) is 3.00. The van der Waals surface area contributed by atoms with Gasteiger partial charge in [-0.2, -0.15) is 17.0 Å². The van der Waals surface area contributed by atoms with E-state index in [0.29, 0.717) is 12.3 Å². The van der Waals surface area contributed by atoms with Crippen LogP contribution < -0.4 is 5.32 Å². The van der Waals surface area contributed by atoms with E-state index >= 15 is 0 Å². The van der Waals surface area contributed by atoms with Gasteiger partial charge in [0.1, 0.15) is 6.04 Å². The molecule has 1 rings (SSSR count). The number of nitrogens with zero attached hydrogens (tertiary/aromatic N) is 1. The van der Waals surface area contributed by atoms with Crippen LogP contribution in [0.5, 0.6) is 0 Å². The number of thioether (sulfide) groups is 1. The second-order valence-corrected chi connectivity index (χ2v) is 5.90. The van der Waals surface area contributed by atoms with E-state index in [1.165, 1.54) is 11.5 Å². The van der Waals surface area contributed by atoms with Gasteiger partial charge in [0.05, 0.1) is 6.07 Å². The molecule has 1 atom stereocenters. The third kappa shape index (κ3) is 4.44. The summed E-state index contributed by atoms with van der Waals surface area (Å²) in [5.74, 6) is 3.08. The second-order valence-electron chi connectivity index (χ2n) is 4.68. The molecule has 1 N–H and O–H groups in total. The Balaban J connectivity index is 2.31. The van der Waals surface area contributed by atoms with Gasteiger partial charge in [0, 0.05) is 6.42 Å². The molecule has 0 aromatic rings. The van der Waals surface area contributed by atoms with Crippen LogP contribution in [0.3, 0.4) is 0 Å². The van der Waals surface area contributed by atoms with Gasteiger partial charge in [-0.3, -0.25) is 4.79 Å². The summed E-state index contributed by atoms with van der Waals surface area (Å²) in [6, 6.07) is 1.79. The minimum Gasteiger partial charge on any atom is -0.340 e. The Bertz CT molecular complexity index is 267. The first-order valence-corrected chi connectivity index (χ1v) is 7.05. The standard InChI is InChI=1S/C12H20N2OS/c1-9(2)11(8-13)14-12(15)7-10-3-5-16-6-4-10/h9-11H,3-7H2,1-2H3,(H,14,15). The van der Waals surface area contributed by atoms with Crippen LogP contribution >= 0.6 is 11.8 Å². The van der Waals surface area contributed by atoms with E-state index < -0.39 is 0 Å². The quantitative estimate of drug-likeness (QED) is 0.819. The highest BCUT2D eigenvalue weighted by molar-refractivity contribution is 7.99. The lowest BCUT2D eigenvalue weighted by molar-refractivity contribution is -0.122. The summed E-state index contributed by atoms with van der Waals surface area (Å²) in [6.07, 6.45) is 2.86. The van der Waals surface area contributed by atoms with E-state index in [1.807, 2.05) is 25.6 Å². The number of carbonyl (C=O) groups is 1. The molecule has 3 nitrogen and oxygen atoms in total. The number of amides is 1. The largest absolute Gasteiger partial charge is 0.340 e. The topological polar surface area (TPSA) is 52.9 Å². The van der Waals surface area contributed by atoms with E-state index in [1.54, 1.807) is 0 Å². The average Bonchev–Trinajstić information content (AvgIpc) is 2.27. The van der Waals surface area contributed by atoms with Crippen molar-refractivity contribution >= 4 is 17.7 Å². The SMILES string of the molecule is CC(C)C(C#N)NC(=O)CC1CCSCC1. The molecular weight excluding hydrogens is 220 g/mol. The molecule has 1 unspecified atom stereocenters. The molecule has 1 fully saturated rings. The molecule has 1 amide bonds. The van der Waals surface area contributed by atoms with Crippen LogP contribution in [-0.4, -0.2) is 23.5 Å². The fraction of sp³-hybridized carbons (Fsp3) is 0.833. The van der Waals surface area contributed by atoms with Gasteiger partial charge < -0.3 is 5.32 Å². The maximum atomic E-state index is 11.7. The molecule has 1 aliphatic heterocycles. The molecule has 16 heavy (non-hydrogen) atoms. The van der Waals surface area contributed by atoms with Crippen LogP contribution in [0, 0.1) is 23.2 Å². The molecule has 0 radical (unpaired) electrons. The molecule has 1 heterocycles. The van der Waals surface area contributed by atoms with E-state index in [2.05, 4.69) is 11.4 Å². The minimum atomic E-state index is -0.342. The second kappa shape index (κ2) is 6.80. The lowest BCUT2D eigenvalue weighted by Gasteiger charge is -2.22. The van der Waals surface area contributed by atoms with Crippen molar-refractivity contribution in [2.75, 3.05) is 11.5 Å². The zero-order valence-electron chi connectivity index (χ0n) is 10.0. The molecule has 0 saturated carbocycles. The Morgan fingerprint density at radius 3 is 2.62 bits per heavy atom. The zero-order chi connectivity index (χ0) is 12.0. The Kier molecular flexibility index (Phi) is 5.68. The molecule has 0 spiro atoms. The summed E-state index contributed by atoms with van der Waals surface area (Å²) in [6.45, 7) is 3.90. The van der Waals surface area contributed by atoms with Gasteiger partial charge in [0.25, 0.3) is 0 Å². The predicted molar refractivity (Wildman–Crippen MR) is 67.0 cm³/mol. The van der Waals surface area contributed by atoms with Crippen LogP contribution in [0.25, 0.3) is 0 Å². The third-order valence-corrected chi connectivity index (χ3v) is 3.99. The maximum absolute atomic E-state index is 11.7. The maximum Gasteiger partial charge on any atom is 0.221 e. The number of hydrogen-bond acceptors (Lipinski definition) is 3. The highest BCUT2D eigenvalue weighted by Crippen LogP contribution is 2.25. The van der Waals surface area contributed by atoms with Gasteiger partial charge in [-0.1, -0.05) is 13.8 Å². The van der Waals surface area contributed by atoms with Crippen LogP contribution in [0.4, 0.5) is 0 Å². The van der Waals surface area contributed by atoms with Gasteiger partial charge in [0.15, 0.2) is 0 Å². The van der Waals surface area contributed by atoms with Crippen LogP contribution in [0.15, 0.2) is 0 Å². The smallest absolute Gasteiger partial charge is 0.221 e. The number of nitriles is 1. The summed E-state index contributed by atoms with van der Waals surface area (Å²) >= 11 is 1.96. The van der Waals surface area contributed by atoms with Gasteiger partial charge in [0.2, 0.25) is 5.91 Å². The minimum absolute atomic E-state index is 0.0390.